The molecule has 0 saturated heterocycles. The van der Waals surface area contributed by atoms with Crippen LogP contribution in [0.3, 0.4) is 0 Å². The lowest BCUT2D eigenvalue weighted by atomic mass is 9.86. The van der Waals surface area contributed by atoms with E-state index in [1.54, 1.807) is 0 Å². The fourth-order valence-corrected chi connectivity index (χ4v) is 3.46. The predicted molar refractivity (Wildman–Crippen MR) is 96.9 cm³/mol. The molecular formula is C19H31N3O2. The van der Waals surface area contributed by atoms with E-state index in [1.807, 2.05) is 44.2 Å². The number of aliphatic hydroxyl groups is 1. The van der Waals surface area contributed by atoms with Gasteiger partial charge in [-0.3, -0.25) is 0 Å². The fourth-order valence-electron chi connectivity index (χ4n) is 3.46. The third kappa shape index (κ3) is 4.95. The summed E-state index contributed by atoms with van der Waals surface area (Å²) in [5.74, 6) is 0.411. The first-order valence-electron chi connectivity index (χ1n) is 8.85. The summed E-state index contributed by atoms with van der Waals surface area (Å²) in [6.45, 7) is 0.858. The van der Waals surface area contributed by atoms with Crippen LogP contribution in [0.4, 0.5) is 4.79 Å². The van der Waals surface area contributed by atoms with Crippen LogP contribution >= 0.6 is 0 Å². The summed E-state index contributed by atoms with van der Waals surface area (Å²) in [4.78, 5) is 16.5. The van der Waals surface area contributed by atoms with Gasteiger partial charge in [-0.25, -0.2) is 4.79 Å². The first-order chi connectivity index (χ1) is 11.5. The third-order valence-electron chi connectivity index (χ3n) is 5.20. The molecule has 0 bridgehead atoms. The zero-order chi connectivity index (χ0) is 17.5. The average Bonchev–Trinajstić information content (AvgIpc) is 2.61. The molecule has 134 valence electrons. The largest absolute Gasteiger partial charge is 0.396 e. The summed E-state index contributed by atoms with van der Waals surface area (Å²) in [5.41, 5.74) is 1.20. The lowest BCUT2D eigenvalue weighted by Gasteiger charge is -2.34. The van der Waals surface area contributed by atoms with Crippen molar-refractivity contribution < 1.29 is 9.90 Å². The molecule has 1 aliphatic rings. The minimum absolute atomic E-state index is 0.00905. The maximum absolute atomic E-state index is 12.5. The lowest BCUT2D eigenvalue weighted by Crippen LogP contribution is -2.47. The summed E-state index contributed by atoms with van der Waals surface area (Å²) in [6.07, 6.45) is 3.96. The summed E-state index contributed by atoms with van der Waals surface area (Å²) in [6, 6.07) is 10.7. The van der Waals surface area contributed by atoms with Crippen LogP contribution in [-0.2, 0) is 0 Å². The first kappa shape index (κ1) is 18.7. The second kappa shape index (κ2) is 9.04. The Morgan fingerprint density at radius 2 is 1.79 bits per heavy atom. The molecule has 5 nitrogen and oxygen atoms in total. The number of nitrogens with one attached hydrogen (secondary N) is 1. The molecule has 1 aromatic rings. The van der Waals surface area contributed by atoms with Gasteiger partial charge in [0.1, 0.15) is 0 Å². The maximum atomic E-state index is 12.5. The lowest BCUT2D eigenvalue weighted by molar-refractivity contribution is 0.133. The fraction of sp³-hybridized carbons (Fsp3) is 0.632. The van der Waals surface area contributed by atoms with Crippen molar-refractivity contribution in [1.29, 1.82) is 0 Å². The number of carbonyl (C=O) groups excluding carboxylic acids is 1. The van der Waals surface area contributed by atoms with Crippen LogP contribution in [0.2, 0.25) is 0 Å². The molecule has 1 aliphatic carbocycles. The van der Waals surface area contributed by atoms with Gasteiger partial charge < -0.3 is 20.2 Å². The molecule has 0 heterocycles. The van der Waals surface area contributed by atoms with E-state index in [9.17, 15) is 9.90 Å². The number of nitrogens with zero attached hydrogens (tertiary/aromatic N) is 2. The molecule has 1 fully saturated rings. The average molecular weight is 333 g/mol. The normalized spacial score (nSPS) is 22.2. The van der Waals surface area contributed by atoms with Crippen LogP contribution in [0.25, 0.3) is 0 Å². The van der Waals surface area contributed by atoms with Crippen LogP contribution in [-0.4, -0.2) is 61.3 Å². The van der Waals surface area contributed by atoms with E-state index < -0.39 is 0 Å². The number of amides is 2. The molecular weight excluding hydrogens is 302 g/mol. The molecule has 0 spiro atoms. The highest BCUT2D eigenvalue weighted by atomic mass is 16.3. The first-order valence-corrected chi connectivity index (χ1v) is 8.85. The van der Waals surface area contributed by atoms with E-state index in [0.29, 0.717) is 12.5 Å². The number of likely N-dealkylation sites (N-methyl/N-ethyl adjacent to an activating group) is 1. The van der Waals surface area contributed by atoms with Crippen molar-refractivity contribution in [2.24, 2.45) is 5.92 Å². The van der Waals surface area contributed by atoms with E-state index in [-0.39, 0.29) is 24.7 Å². The number of aliphatic hydroxyl groups excluding tert-OH is 1. The Morgan fingerprint density at radius 1 is 1.17 bits per heavy atom. The smallest absolute Gasteiger partial charge is 0.317 e. The molecule has 0 aromatic heterocycles. The monoisotopic (exact) mass is 333 g/mol. The summed E-state index contributed by atoms with van der Waals surface area (Å²) < 4.78 is 0. The van der Waals surface area contributed by atoms with Gasteiger partial charge in [0.2, 0.25) is 0 Å². The standard InChI is InChI=1S/C19H31N3O2/c1-21(2)18(16-7-5-4-6-8-16)13-20-19(24)22(3)17-11-9-15(14-23)10-12-17/h4-8,15,17-18,23H,9-14H2,1-3H3,(H,20,24). The van der Waals surface area contributed by atoms with Crippen molar-refractivity contribution in [3.8, 4) is 0 Å². The van der Waals surface area contributed by atoms with Gasteiger partial charge in [-0.1, -0.05) is 30.3 Å². The molecule has 5 heteroatoms. The molecule has 0 radical (unpaired) electrons. The Bertz CT molecular complexity index is 499. The Morgan fingerprint density at radius 3 is 2.33 bits per heavy atom. The van der Waals surface area contributed by atoms with E-state index in [2.05, 4.69) is 22.3 Å². The van der Waals surface area contributed by atoms with Gasteiger partial charge in [0.15, 0.2) is 0 Å². The number of rotatable bonds is 6. The number of hydrogen-bond donors (Lipinski definition) is 2. The minimum Gasteiger partial charge on any atom is -0.396 e. The molecule has 0 aliphatic heterocycles. The molecule has 1 saturated carbocycles. The van der Waals surface area contributed by atoms with E-state index >= 15 is 0 Å². The van der Waals surface area contributed by atoms with Crippen molar-refractivity contribution in [3.05, 3.63) is 35.9 Å². The molecule has 2 amide bonds. The van der Waals surface area contributed by atoms with Crippen LogP contribution in [0.1, 0.15) is 37.3 Å². The van der Waals surface area contributed by atoms with Gasteiger partial charge >= 0.3 is 6.03 Å². The number of benzene rings is 1. The number of hydrogen-bond acceptors (Lipinski definition) is 3. The Labute approximate surface area is 145 Å². The molecule has 2 N–H and O–H groups in total. The van der Waals surface area contributed by atoms with Crippen molar-refractivity contribution in [1.82, 2.24) is 15.1 Å². The molecule has 1 aromatic carbocycles. The number of urea groups is 1. The van der Waals surface area contributed by atoms with E-state index in [0.717, 1.165) is 25.7 Å². The van der Waals surface area contributed by atoms with Crippen molar-refractivity contribution >= 4 is 6.03 Å². The van der Waals surface area contributed by atoms with Crippen molar-refractivity contribution in [2.45, 2.75) is 37.8 Å². The van der Waals surface area contributed by atoms with Gasteiger partial charge in [-0.15, -0.1) is 0 Å². The van der Waals surface area contributed by atoms with Gasteiger partial charge in [-0.2, -0.15) is 0 Å². The highest BCUT2D eigenvalue weighted by Crippen LogP contribution is 2.26. The Balaban J connectivity index is 1.87. The van der Waals surface area contributed by atoms with Gasteiger partial charge in [-0.05, 0) is 51.3 Å². The van der Waals surface area contributed by atoms with Crippen LogP contribution in [0.5, 0.6) is 0 Å². The third-order valence-corrected chi connectivity index (χ3v) is 5.20. The van der Waals surface area contributed by atoms with E-state index in [4.69, 9.17) is 0 Å². The Kier molecular flexibility index (Phi) is 7.06. The SMILES string of the molecule is CN(C)C(CNC(=O)N(C)C1CCC(CO)CC1)c1ccccc1. The summed E-state index contributed by atoms with van der Waals surface area (Å²) >= 11 is 0. The van der Waals surface area contributed by atoms with Gasteiger partial charge in [0.25, 0.3) is 0 Å². The highest BCUT2D eigenvalue weighted by Gasteiger charge is 2.26. The molecule has 1 atom stereocenters. The van der Waals surface area contributed by atoms with Crippen LogP contribution in [0.15, 0.2) is 30.3 Å². The quantitative estimate of drug-likeness (QED) is 0.841. The number of carbonyl (C=O) groups is 1. The van der Waals surface area contributed by atoms with Crippen LogP contribution < -0.4 is 5.32 Å². The second-order valence-corrected chi connectivity index (χ2v) is 7.04. The highest BCUT2D eigenvalue weighted by molar-refractivity contribution is 5.74. The van der Waals surface area contributed by atoms with Crippen molar-refractivity contribution in [3.63, 3.8) is 0 Å². The van der Waals surface area contributed by atoms with Crippen LogP contribution in [0, 0.1) is 5.92 Å². The predicted octanol–water partition coefficient (Wildman–Crippen LogP) is 2.48. The topological polar surface area (TPSA) is 55.8 Å². The Hall–Kier alpha value is -1.59. The summed E-state index contributed by atoms with van der Waals surface area (Å²) in [5, 5.41) is 12.3. The molecule has 1 unspecified atom stereocenters. The molecule has 24 heavy (non-hydrogen) atoms. The zero-order valence-electron chi connectivity index (χ0n) is 15.1. The van der Waals surface area contributed by atoms with Gasteiger partial charge in [0, 0.05) is 26.2 Å². The minimum atomic E-state index is -0.00905. The van der Waals surface area contributed by atoms with E-state index in [1.165, 1.54) is 5.56 Å². The second-order valence-electron chi connectivity index (χ2n) is 7.04. The molecule has 2 rings (SSSR count). The zero-order valence-corrected chi connectivity index (χ0v) is 15.1. The van der Waals surface area contributed by atoms with Gasteiger partial charge in [0.05, 0.1) is 6.04 Å². The van der Waals surface area contributed by atoms with Crippen molar-refractivity contribution in [2.75, 3.05) is 34.3 Å². The summed E-state index contributed by atoms with van der Waals surface area (Å²) in [7, 11) is 5.94. The maximum Gasteiger partial charge on any atom is 0.317 e.